The zero-order valence-corrected chi connectivity index (χ0v) is 32.9. The lowest BCUT2D eigenvalue weighted by Crippen LogP contribution is -2.50. The molecule has 2 aromatic heterocycles. The number of fused-ring (bicyclic) bond motifs is 6. The van der Waals surface area contributed by atoms with Crippen molar-refractivity contribution >= 4 is 24.0 Å². The van der Waals surface area contributed by atoms with Gasteiger partial charge in [0.1, 0.15) is 13.1 Å². The molecule has 2 amide bonds. The maximum Gasteiger partial charge on any atom is 0.405 e. The first-order chi connectivity index (χ1) is 27.5. The number of halogens is 6. The first kappa shape index (κ1) is 44.8. The minimum Gasteiger partial charge on any atom is -0.396 e. The Morgan fingerprint density at radius 3 is 1.34 bits per heavy atom. The molecule has 4 N–H and O–H groups in total. The fourth-order valence-electron chi connectivity index (χ4n) is 9.48. The molecule has 0 bridgehead atoms. The number of pyridine rings is 2. The van der Waals surface area contributed by atoms with Gasteiger partial charge in [0.05, 0.1) is 24.2 Å². The number of hydrogen-bond acceptors (Lipinski definition) is 8. The molecule has 0 radical (unpaired) electrons. The summed E-state index contributed by atoms with van der Waals surface area (Å²) in [5.41, 5.74) is 2.32. The quantitative estimate of drug-likeness (QED) is 0.236. The highest BCUT2D eigenvalue weighted by Gasteiger charge is 2.57. The van der Waals surface area contributed by atoms with Crippen LogP contribution in [-0.2, 0) is 22.7 Å². The number of alkyl halides is 6. The topological polar surface area (TPSA) is 149 Å². The molecular formula is C40H52F6N6O6. The monoisotopic (exact) mass is 826 g/mol. The fourth-order valence-corrected chi connectivity index (χ4v) is 9.48. The average molecular weight is 827 g/mol. The molecule has 0 unspecified atom stereocenters. The number of aliphatic hydroxyl groups is 2. The van der Waals surface area contributed by atoms with Crippen molar-refractivity contribution < 1.29 is 46.1 Å². The lowest BCUT2D eigenvalue weighted by molar-refractivity contribution is -0.142. The number of hydrogen-bond donors (Lipinski definition) is 4. The third-order valence-electron chi connectivity index (χ3n) is 11.6. The van der Waals surface area contributed by atoms with Crippen molar-refractivity contribution in [1.82, 2.24) is 29.6 Å². The van der Waals surface area contributed by atoms with Crippen molar-refractivity contribution in [3.8, 4) is 0 Å². The summed E-state index contributed by atoms with van der Waals surface area (Å²) >= 11 is 0. The zero-order chi connectivity index (χ0) is 42.7. The van der Waals surface area contributed by atoms with Gasteiger partial charge >= 0.3 is 12.4 Å². The summed E-state index contributed by atoms with van der Waals surface area (Å²) in [5.74, 6) is -3.01. The molecule has 58 heavy (non-hydrogen) atoms. The molecule has 8 atom stereocenters. The molecule has 12 nitrogen and oxygen atoms in total. The number of amides is 2. The summed E-state index contributed by atoms with van der Waals surface area (Å²) in [5, 5.41) is 24.0. The van der Waals surface area contributed by atoms with E-state index < -0.39 is 61.2 Å². The molecule has 6 heterocycles. The van der Waals surface area contributed by atoms with Gasteiger partial charge in [-0.2, -0.15) is 26.3 Å². The molecule has 0 saturated carbocycles. The number of nitrogens with one attached hydrogen (secondary N) is 2. The molecule has 4 aliphatic rings. The van der Waals surface area contributed by atoms with Crippen LogP contribution in [0.2, 0.25) is 0 Å². The molecule has 4 aliphatic heterocycles. The van der Waals surface area contributed by atoms with Crippen LogP contribution in [0.25, 0.3) is 12.2 Å². The van der Waals surface area contributed by atoms with E-state index in [2.05, 4.69) is 0 Å². The molecule has 0 spiro atoms. The highest BCUT2D eigenvalue weighted by molar-refractivity contribution is 5.83. The van der Waals surface area contributed by atoms with Crippen LogP contribution < -0.4 is 21.8 Å². The number of aromatic nitrogens is 2. The van der Waals surface area contributed by atoms with Crippen LogP contribution in [-0.4, -0.2) is 105 Å². The van der Waals surface area contributed by atoms with E-state index in [0.29, 0.717) is 50.1 Å². The summed E-state index contributed by atoms with van der Waals surface area (Å²) in [6.07, 6.45) is -0.624. The van der Waals surface area contributed by atoms with Crippen molar-refractivity contribution in [1.29, 1.82) is 0 Å². The Morgan fingerprint density at radius 1 is 0.690 bits per heavy atom. The first-order valence-electron chi connectivity index (χ1n) is 19.6. The standard InChI is InChI=1S/2C20H26F3N3O3/c2*1-3-5-12-6-7-15-16-13(9-26(15)19(12)29)14(10-27)17(25(16)8-4-2)18(28)24-11-20(21,22)23/h2*3,5-7,13-14,16-17,27H,4,8-11H2,1-2H3,(H,24,28)/b5-3+;5-3-/t2*13-,14-,16+,17-/m11/s1. The van der Waals surface area contributed by atoms with Crippen LogP contribution >= 0.6 is 0 Å². The van der Waals surface area contributed by atoms with Crippen LogP contribution in [0.5, 0.6) is 0 Å². The molecule has 18 heteroatoms. The average Bonchev–Trinajstić information content (AvgIpc) is 3.90. The van der Waals surface area contributed by atoms with Gasteiger partial charge in [-0.25, -0.2) is 0 Å². The van der Waals surface area contributed by atoms with E-state index in [9.17, 15) is 55.7 Å². The highest BCUT2D eigenvalue weighted by atomic mass is 19.4. The zero-order valence-electron chi connectivity index (χ0n) is 32.9. The minimum atomic E-state index is -4.50. The second-order valence-corrected chi connectivity index (χ2v) is 15.2. The molecule has 2 fully saturated rings. The number of rotatable bonds is 12. The van der Waals surface area contributed by atoms with E-state index in [-0.39, 0.29) is 48.3 Å². The van der Waals surface area contributed by atoms with Crippen LogP contribution in [0.4, 0.5) is 26.3 Å². The summed E-state index contributed by atoms with van der Waals surface area (Å²) in [6.45, 7) is 5.62. The number of carbonyl (C=O) groups excluding carboxylic acids is 2. The van der Waals surface area contributed by atoms with Gasteiger partial charge in [-0.15, -0.1) is 0 Å². The van der Waals surface area contributed by atoms with E-state index in [0.717, 1.165) is 11.4 Å². The van der Waals surface area contributed by atoms with E-state index in [1.54, 1.807) is 45.6 Å². The lowest BCUT2D eigenvalue weighted by Gasteiger charge is -2.30. The van der Waals surface area contributed by atoms with Gasteiger partial charge < -0.3 is 30.0 Å². The number of nitrogens with zero attached hydrogens (tertiary/aromatic N) is 4. The Balaban J connectivity index is 0.000000221. The Bertz CT molecular complexity index is 1840. The van der Waals surface area contributed by atoms with Gasteiger partial charge in [0.25, 0.3) is 11.1 Å². The summed E-state index contributed by atoms with van der Waals surface area (Å²) in [6, 6.07) is 4.83. The van der Waals surface area contributed by atoms with Crippen LogP contribution in [0.1, 0.15) is 75.1 Å². The Labute approximate surface area is 332 Å². The van der Waals surface area contributed by atoms with Crippen LogP contribution in [0.15, 0.2) is 46.0 Å². The molecule has 6 rings (SSSR count). The van der Waals surface area contributed by atoms with E-state index in [4.69, 9.17) is 0 Å². The highest BCUT2D eigenvalue weighted by Crippen LogP contribution is 2.50. The molecule has 0 aromatic carbocycles. The van der Waals surface area contributed by atoms with E-state index in [1.165, 1.54) is 0 Å². The van der Waals surface area contributed by atoms with Crippen LogP contribution in [0.3, 0.4) is 0 Å². The third-order valence-corrected chi connectivity index (χ3v) is 11.6. The van der Waals surface area contributed by atoms with Crippen molar-refractivity contribution in [2.45, 2.75) is 90.1 Å². The van der Waals surface area contributed by atoms with Crippen molar-refractivity contribution in [2.24, 2.45) is 23.7 Å². The van der Waals surface area contributed by atoms with Crippen molar-refractivity contribution in [3.05, 3.63) is 79.6 Å². The maximum absolute atomic E-state index is 12.8. The number of aliphatic hydroxyl groups excluding tert-OH is 2. The van der Waals surface area contributed by atoms with Gasteiger partial charge in [0.2, 0.25) is 11.8 Å². The first-order valence-corrected chi connectivity index (χ1v) is 19.6. The van der Waals surface area contributed by atoms with Crippen molar-refractivity contribution in [3.63, 3.8) is 0 Å². The maximum atomic E-state index is 12.8. The SMILES string of the molecule is C/C=C/c1ccc2n(c1=O)C[C@@H]1[C@@H](CO)[C@H](C(=O)NCC(F)(F)F)N(CCC)[C@H]21.C/C=C\c1ccc2n(c1=O)C[C@@H]1[C@@H](CO)[C@H](C(=O)NCC(F)(F)F)N(CCC)[C@H]21. The summed E-state index contributed by atoms with van der Waals surface area (Å²) < 4.78 is 78.8. The predicted molar refractivity (Wildman–Crippen MR) is 204 cm³/mol. The van der Waals surface area contributed by atoms with E-state index >= 15 is 0 Å². The normalized spacial score (nSPS) is 26.7. The Hall–Kier alpha value is -4.26. The second kappa shape index (κ2) is 18.3. The van der Waals surface area contributed by atoms with Gasteiger partial charge in [0.15, 0.2) is 0 Å². The molecular weight excluding hydrogens is 774 g/mol. The largest absolute Gasteiger partial charge is 0.405 e. The van der Waals surface area contributed by atoms with Gasteiger partial charge in [-0.05, 0) is 64.0 Å². The van der Waals surface area contributed by atoms with Gasteiger partial charge in [-0.1, -0.05) is 38.2 Å². The van der Waals surface area contributed by atoms with Crippen LogP contribution in [0, 0.1) is 23.7 Å². The lowest BCUT2D eigenvalue weighted by atomic mass is 9.88. The molecule has 2 aromatic rings. The summed E-state index contributed by atoms with van der Waals surface area (Å²) in [4.78, 5) is 54.6. The molecule has 2 saturated heterocycles. The molecule has 0 aliphatic carbocycles. The fraction of sp³-hybridized carbons (Fsp3) is 0.600. The molecule has 320 valence electrons. The van der Waals surface area contributed by atoms with Gasteiger partial charge in [-0.3, -0.25) is 29.0 Å². The second-order valence-electron chi connectivity index (χ2n) is 15.2. The minimum absolute atomic E-state index is 0.138. The number of allylic oxidation sites excluding steroid dienone is 2. The van der Waals surface area contributed by atoms with Gasteiger partial charge in [0, 0.05) is 72.5 Å². The van der Waals surface area contributed by atoms with Crippen molar-refractivity contribution in [2.75, 3.05) is 39.4 Å². The van der Waals surface area contributed by atoms with E-state index in [1.807, 2.05) is 60.3 Å². The number of likely N-dealkylation sites (tertiary alicyclic amines) is 2. The third kappa shape index (κ3) is 8.99. The Morgan fingerprint density at radius 2 is 1.05 bits per heavy atom. The number of carbonyl (C=O) groups is 2. The Kier molecular flexibility index (Phi) is 14.2. The predicted octanol–water partition coefficient (Wildman–Crippen LogP) is 3.87. The smallest absolute Gasteiger partial charge is 0.396 e. The summed E-state index contributed by atoms with van der Waals surface area (Å²) in [7, 11) is 0.